The van der Waals surface area contributed by atoms with E-state index in [0.29, 0.717) is 36.1 Å². The average molecular weight is 431 g/mol. The Morgan fingerprint density at radius 3 is 2.81 bits per heavy atom. The van der Waals surface area contributed by atoms with E-state index >= 15 is 0 Å². The van der Waals surface area contributed by atoms with E-state index in [1.807, 2.05) is 48.7 Å². The molecular formula is C24H22FN5O2. The predicted molar refractivity (Wildman–Crippen MR) is 121 cm³/mol. The highest BCUT2D eigenvalue weighted by atomic mass is 19.1. The number of ether oxygens (including phenoxy) is 1. The Morgan fingerprint density at radius 1 is 1.09 bits per heavy atom. The molecule has 0 radical (unpaired) electrons. The van der Waals surface area contributed by atoms with E-state index in [-0.39, 0.29) is 5.82 Å². The van der Waals surface area contributed by atoms with Crippen LogP contribution in [0.4, 0.5) is 10.2 Å². The van der Waals surface area contributed by atoms with Crippen molar-refractivity contribution in [3.8, 4) is 17.0 Å². The average Bonchev–Trinajstić information content (AvgIpc) is 3.33. The third-order valence-corrected chi connectivity index (χ3v) is 5.50. The molecule has 0 spiro atoms. The highest BCUT2D eigenvalue weighted by Gasteiger charge is 2.14. The minimum atomic E-state index is -0.267. The molecule has 0 saturated carbocycles. The molecule has 3 aromatic heterocycles. The summed E-state index contributed by atoms with van der Waals surface area (Å²) >= 11 is 0. The molecule has 0 fully saturated rings. The smallest absolute Gasteiger partial charge is 0.192 e. The number of hydrogen-bond acceptors (Lipinski definition) is 6. The number of aromatic nitrogens is 4. The normalized spacial score (nSPS) is 11.4. The van der Waals surface area contributed by atoms with Crippen LogP contribution in [0.3, 0.4) is 0 Å². The molecule has 0 amide bonds. The van der Waals surface area contributed by atoms with Crippen LogP contribution in [0, 0.1) is 19.7 Å². The summed E-state index contributed by atoms with van der Waals surface area (Å²) in [7, 11) is 1.59. The molecule has 5 rings (SSSR count). The number of nitrogens with one attached hydrogen (secondary N) is 1. The van der Waals surface area contributed by atoms with Gasteiger partial charge < -0.3 is 19.0 Å². The minimum Gasteiger partial charge on any atom is -0.496 e. The largest absolute Gasteiger partial charge is 0.496 e. The molecule has 32 heavy (non-hydrogen) atoms. The van der Waals surface area contributed by atoms with Crippen molar-refractivity contribution in [1.29, 1.82) is 0 Å². The van der Waals surface area contributed by atoms with Gasteiger partial charge in [-0.3, -0.25) is 0 Å². The topological polar surface area (TPSA) is 78.0 Å². The maximum Gasteiger partial charge on any atom is 0.192 e. The fourth-order valence-electron chi connectivity index (χ4n) is 4.02. The van der Waals surface area contributed by atoms with Gasteiger partial charge in [-0.25, -0.2) is 19.3 Å². The molecule has 0 aliphatic rings. The lowest BCUT2D eigenvalue weighted by molar-refractivity contribution is 0.419. The van der Waals surface area contributed by atoms with Gasteiger partial charge in [0.05, 0.1) is 18.3 Å². The lowest BCUT2D eigenvalue weighted by atomic mass is 10.1. The van der Waals surface area contributed by atoms with Crippen molar-refractivity contribution in [3.63, 3.8) is 0 Å². The molecule has 162 valence electrons. The van der Waals surface area contributed by atoms with E-state index in [9.17, 15) is 4.39 Å². The lowest BCUT2D eigenvalue weighted by Gasteiger charge is -2.11. The van der Waals surface area contributed by atoms with Crippen molar-refractivity contribution in [3.05, 3.63) is 66.2 Å². The van der Waals surface area contributed by atoms with Crippen LogP contribution in [-0.4, -0.2) is 33.2 Å². The number of fused-ring (bicyclic) bond motifs is 2. The molecule has 3 heterocycles. The van der Waals surface area contributed by atoms with Gasteiger partial charge in [-0.05, 0) is 43.3 Å². The Bertz CT molecular complexity index is 1440. The van der Waals surface area contributed by atoms with Gasteiger partial charge in [0.25, 0.3) is 0 Å². The number of nitrogens with zero attached hydrogens (tertiary/aromatic N) is 4. The second-order valence-corrected chi connectivity index (χ2v) is 7.58. The first kappa shape index (κ1) is 20.0. The summed E-state index contributed by atoms with van der Waals surface area (Å²) in [5.41, 5.74) is 4.76. The molecule has 0 aliphatic heterocycles. The third kappa shape index (κ3) is 3.53. The Hall–Kier alpha value is -3.94. The molecule has 0 aliphatic carbocycles. The molecule has 0 saturated heterocycles. The Kier molecular flexibility index (Phi) is 4.97. The molecule has 1 N–H and O–H groups in total. The number of halogens is 1. The number of methoxy groups -OCH3 is 1. The molecule has 7 nitrogen and oxygen atoms in total. The van der Waals surface area contributed by atoms with Crippen LogP contribution in [0.15, 0.2) is 53.2 Å². The Labute approximate surface area is 183 Å². The second kappa shape index (κ2) is 7.96. The number of hydrogen-bond donors (Lipinski definition) is 1. The van der Waals surface area contributed by atoms with E-state index in [1.54, 1.807) is 13.2 Å². The Morgan fingerprint density at radius 2 is 1.97 bits per heavy atom. The van der Waals surface area contributed by atoms with Crippen LogP contribution >= 0.6 is 0 Å². The van der Waals surface area contributed by atoms with Crippen LogP contribution in [0.5, 0.6) is 5.75 Å². The summed E-state index contributed by atoms with van der Waals surface area (Å²) < 4.78 is 27.4. The zero-order valence-corrected chi connectivity index (χ0v) is 18.0. The fraction of sp³-hybridized carbons (Fsp3) is 0.208. The van der Waals surface area contributed by atoms with Gasteiger partial charge in [-0.15, -0.1) is 0 Å². The van der Waals surface area contributed by atoms with Crippen molar-refractivity contribution in [2.75, 3.05) is 19.0 Å². The quantitative estimate of drug-likeness (QED) is 0.402. The predicted octanol–water partition coefficient (Wildman–Crippen LogP) is 5.12. The van der Waals surface area contributed by atoms with Crippen molar-refractivity contribution >= 4 is 27.8 Å². The van der Waals surface area contributed by atoms with Gasteiger partial charge in [0, 0.05) is 42.7 Å². The van der Waals surface area contributed by atoms with Crippen LogP contribution in [-0.2, 0) is 6.54 Å². The Balaban J connectivity index is 1.35. The molecule has 0 bridgehead atoms. The van der Waals surface area contributed by atoms with Gasteiger partial charge in [0.15, 0.2) is 11.5 Å². The summed E-state index contributed by atoms with van der Waals surface area (Å²) in [5.74, 6) is 1.72. The fourth-order valence-corrected chi connectivity index (χ4v) is 4.02. The molecule has 2 aromatic carbocycles. The van der Waals surface area contributed by atoms with E-state index in [4.69, 9.17) is 9.15 Å². The first-order valence-electron chi connectivity index (χ1n) is 10.3. The maximum absolute atomic E-state index is 14.6. The molecule has 5 aromatic rings. The van der Waals surface area contributed by atoms with E-state index in [2.05, 4.69) is 20.3 Å². The number of rotatable bonds is 6. The minimum absolute atomic E-state index is 0.267. The highest BCUT2D eigenvalue weighted by molar-refractivity contribution is 5.88. The van der Waals surface area contributed by atoms with E-state index in [1.165, 1.54) is 12.4 Å². The van der Waals surface area contributed by atoms with Crippen molar-refractivity contribution in [1.82, 2.24) is 19.5 Å². The van der Waals surface area contributed by atoms with Crippen LogP contribution in [0.1, 0.15) is 11.6 Å². The van der Waals surface area contributed by atoms with Gasteiger partial charge in [-0.1, -0.05) is 0 Å². The lowest BCUT2D eigenvalue weighted by Crippen LogP contribution is -2.13. The number of benzene rings is 2. The van der Waals surface area contributed by atoms with Gasteiger partial charge in [-0.2, -0.15) is 0 Å². The van der Waals surface area contributed by atoms with Gasteiger partial charge >= 0.3 is 0 Å². The highest BCUT2D eigenvalue weighted by Crippen LogP contribution is 2.31. The summed E-state index contributed by atoms with van der Waals surface area (Å²) in [6.45, 7) is 4.93. The zero-order chi connectivity index (χ0) is 22.2. The second-order valence-electron chi connectivity index (χ2n) is 7.58. The van der Waals surface area contributed by atoms with Gasteiger partial charge in [0.1, 0.15) is 29.2 Å². The first-order valence-corrected chi connectivity index (χ1v) is 10.3. The molecule has 0 atom stereocenters. The van der Waals surface area contributed by atoms with E-state index < -0.39 is 0 Å². The van der Waals surface area contributed by atoms with Crippen LogP contribution in [0.25, 0.3) is 33.3 Å². The van der Waals surface area contributed by atoms with Crippen molar-refractivity contribution in [2.45, 2.75) is 20.4 Å². The number of aryl methyl sites for hydroxylation is 2. The summed E-state index contributed by atoms with van der Waals surface area (Å²) in [6, 6.07) is 12.7. The monoisotopic (exact) mass is 431 g/mol. The van der Waals surface area contributed by atoms with Crippen LogP contribution < -0.4 is 10.1 Å². The van der Waals surface area contributed by atoms with Crippen LogP contribution in [0.2, 0.25) is 0 Å². The molecule has 0 unspecified atom stereocenters. The third-order valence-electron chi connectivity index (χ3n) is 5.50. The number of oxazole rings is 1. The number of anilines is 1. The summed E-state index contributed by atoms with van der Waals surface area (Å²) in [5, 5.41) is 4.09. The summed E-state index contributed by atoms with van der Waals surface area (Å²) in [6.07, 6.45) is 1.52. The van der Waals surface area contributed by atoms with E-state index in [0.717, 1.165) is 33.4 Å². The zero-order valence-electron chi connectivity index (χ0n) is 18.0. The maximum atomic E-state index is 14.6. The first-order chi connectivity index (χ1) is 15.5. The van der Waals surface area contributed by atoms with Crippen molar-refractivity contribution in [2.24, 2.45) is 0 Å². The van der Waals surface area contributed by atoms with Gasteiger partial charge in [0.2, 0.25) is 0 Å². The molecular weight excluding hydrogens is 409 g/mol. The molecule has 8 heteroatoms. The SMILES string of the molecule is COc1ccc(F)c2c1cc(C)n2CCNc1cc(-c2ccc3oc(C)nc3c2)ncn1. The summed E-state index contributed by atoms with van der Waals surface area (Å²) in [4.78, 5) is 13.1. The van der Waals surface area contributed by atoms with Crippen molar-refractivity contribution < 1.29 is 13.5 Å². The standard InChI is InChI=1S/C24H22FN5O2/c1-14-10-17-21(31-3)7-5-18(25)24(17)30(14)9-8-26-23-12-19(27-13-28-23)16-4-6-22-20(11-16)29-15(2)32-22/h4-7,10-13H,8-9H2,1-3H3,(H,26,27,28).